The van der Waals surface area contributed by atoms with Crippen molar-refractivity contribution < 1.29 is 5.11 Å². The van der Waals surface area contributed by atoms with Gasteiger partial charge in [-0.2, -0.15) is 0 Å². The number of phenols is 1. The Bertz CT molecular complexity index is 329. The highest BCUT2D eigenvalue weighted by atomic mass is 16.3. The molecule has 0 bridgehead atoms. The predicted octanol–water partition coefficient (Wildman–Crippen LogP) is 2.26. The fourth-order valence-electron chi connectivity index (χ4n) is 1.03. The lowest BCUT2D eigenvalue weighted by molar-refractivity contribution is 0.476. The summed E-state index contributed by atoms with van der Waals surface area (Å²) in [7, 11) is 0. The first-order valence-electron chi connectivity index (χ1n) is 3.57. The summed E-state index contributed by atoms with van der Waals surface area (Å²) in [6.45, 7) is 7.19. The molecule has 0 amide bonds. The summed E-state index contributed by atoms with van der Waals surface area (Å²) >= 11 is 0. The Morgan fingerprint density at radius 1 is 1.25 bits per heavy atom. The number of anilines is 1. The molecule has 0 aliphatic carbocycles. The van der Waals surface area contributed by atoms with E-state index in [0.717, 1.165) is 5.56 Å². The molecule has 3 N–H and O–H groups in total. The van der Waals surface area contributed by atoms with E-state index in [4.69, 9.17) is 5.73 Å². The van der Waals surface area contributed by atoms with Crippen LogP contribution in [-0.4, -0.2) is 5.11 Å². The van der Waals surface area contributed by atoms with Gasteiger partial charge in [0.05, 0.1) is 5.69 Å². The Morgan fingerprint density at radius 3 is 2.42 bits per heavy atom. The predicted molar refractivity (Wildman–Crippen MR) is 52.7 cm³/mol. The van der Waals surface area contributed by atoms with Gasteiger partial charge in [0, 0.05) is 5.56 Å². The third-order valence-electron chi connectivity index (χ3n) is 1.71. The van der Waals surface area contributed by atoms with Crippen molar-refractivity contribution in [1.82, 2.24) is 0 Å². The summed E-state index contributed by atoms with van der Waals surface area (Å²) in [4.78, 5) is 0. The molecule has 0 aliphatic heterocycles. The van der Waals surface area contributed by atoms with Gasteiger partial charge in [-0.3, -0.25) is 0 Å². The van der Waals surface area contributed by atoms with Gasteiger partial charge in [0.1, 0.15) is 5.75 Å². The molecule has 1 aromatic rings. The summed E-state index contributed by atoms with van der Waals surface area (Å²) in [6, 6.07) is 3.43. The minimum absolute atomic E-state index is 0.0717. The molecule has 12 heavy (non-hydrogen) atoms. The summed E-state index contributed by atoms with van der Waals surface area (Å²) in [5, 5.41) is 9.47. The molecule has 0 aromatic heterocycles. The minimum atomic E-state index is 0.0717. The Kier molecular flexibility index (Phi) is 2.19. The summed E-state index contributed by atoms with van der Waals surface area (Å²) in [5.74, 6) is 0.0717. The zero-order chi connectivity index (χ0) is 9.14. The second-order valence-corrected chi connectivity index (χ2v) is 2.41. The topological polar surface area (TPSA) is 46.2 Å². The van der Waals surface area contributed by atoms with Crippen LogP contribution in [0.4, 0.5) is 5.69 Å². The maximum atomic E-state index is 9.47. The smallest absolute Gasteiger partial charge is 0.146 e. The first kappa shape index (κ1) is 8.40. The van der Waals surface area contributed by atoms with Gasteiger partial charge in [-0.15, -0.1) is 0 Å². The summed E-state index contributed by atoms with van der Waals surface area (Å²) < 4.78 is 0. The normalized spacial score (nSPS) is 9.33. The molecule has 1 rings (SSSR count). The average Bonchev–Trinajstić information content (AvgIpc) is 2.09. The second kappa shape index (κ2) is 3.13. The van der Waals surface area contributed by atoms with E-state index >= 15 is 0 Å². The third-order valence-corrected chi connectivity index (χ3v) is 1.71. The van der Waals surface area contributed by atoms with E-state index in [-0.39, 0.29) is 5.75 Å². The molecular weight excluding hydrogens is 150 g/mol. The molecule has 0 saturated heterocycles. The Labute approximate surface area is 71.6 Å². The molecule has 0 heterocycles. The molecule has 0 spiro atoms. The Morgan fingerprint density at radius 2 is 1.92 bits per heavy atom. The third kappa shape index (κ3) is 1.19. The molecule has 0 radical (unpaired) electrons. The van der Waals surface area contributed by atoms with Crippen LogP contribution < -0.4 is 5.73 Å². The van der Waals surface area contributed by atoms with Gasteiger partial charge in [0.25, 0.3) is 0 Å². The van der Waals surface area contributed by atoms with Crippen molar-refractivity contribution in [2.45, 2.75) is 0 Å². The van der Waals surface area contributed by atoms with Crippen LogP contribution in [0.2, 0.25) is 0 Å². The van der Waals surface area contributed by atoms with Gasteiger partial charge >= 0.3 is 0 Å². The number of nitrogens with two attached hydrogens (primary N) is 1. The van der Waals surface area contributed by atoms with Crippen molar-refractivity contribution in [3.05, 3.63) is 36.4 Å². The van der Waals surface area contributed by atoms with E-state index in [0.29, 0.717) is 11.3 Å². The molecule has 2 nitrogen and oxygen atoms in total. The van der Waals surface area contributed by atoms with E-state index in [2.05, 4.69) is 13.2 Å². The quantitative estimate of drug-likeness (QED) is 0.516. The maximum absolute atomic E-state index is 9.47. The fourth-order valence-corrected chi connectivity index (χ4v) is 1.03. The highest BCUT2D eigenvalue weighted by Gasteiger charge is 2.04. The van der Waals surface area contributed by atoms with Gasteiger partial charge in [0.2, 0.25) is 0 Å². The molecule has 0 fully saturated rings. The number of hydrogen-bond donors (Lipinski definition) is 2. The molecule has 1 aromatic carbocycles. The Balaban J connectivity index is 3.45. The molecule has 0 aliphatic rings. The van der Waals surface area contributed by atoms with Gasteiger partial charge in [0.15, 0.2) is 0 Å². The number of hydrogen-bond acceptors (Lipinski definition) is 2. The number of nitrogen functional groups attached to an aromatic ring is 1. The molecule has 0 atom stereocenters. The SMILES string of the molecule is C=Cc1ccc(N)c(O)c1C=C. The number of rotatable bonds is 2. The van der Waals surface area contributed by atoms with E-state index in [9.17, 15) is 5.11 Å². The summed E-state index contributed by atoms with van der Waals surface area (Å²) in [5.41, 5.74) is 7.30. The van der Waals surface area contributed by atoms with Crippen molar-refractivity contribution in [2.75, 3.05) is 5.73 Å². The van der Waals surface area contributed by atoms with Gasteiger partial charge < -0.3 is 10.8 Å². The van der Waals surface area contributed by atoms with Crippen molar-refractivity contribution in [3.63, 3.8) is 0 Å². The first-order valence-corrected chi connectivity index (χ1v) is 3.57. The number of benzene rings is 1. The Hall–Kier alpha value is -1.70. The van der Waals surface area contributed by atoms with Crippen LogP contribution in [0, 0.1) is 0 Å². The lowest BCUT2D eigenvalue weighted by Gasteiger charge is -2.05. The second-order valence-electron chi connectivity index (χ2n) is 2.41. The van der Waals surface area contributed by atoms with Crippen LogP contribution in [0.1, 0.15) is 11.1 Å². The average molecular weight is 161 g/mol. The number of phenolic OH excluding ortho intramolecular Hbond substituents is 1. The number of aromatic hydroxyl groups is 1. The van der Waals surface area contributed by atoms with Crippen LogP contribution in [0.5, 0.6) is 5.75 Å². The molecule has 0 saturated carbocycles. The van der Waals surface area contributed by atoms with Crippen LogP contribution in [0.25, 0.3) is 12.2 Å². The lowest BCUT2D eigenvalue weighted by atomic mass is 10.1. The van der Waals surface area contributed by atoms with Crippen molar-refractivity contribution in [2.24, 2.45) is 0 Å². The van der Waals surface area contributed by atoms with E-state index in [1.165, 1.54) is 0 Å². The van der Waals surface area contributed by atoms with Crippen LogP contribution in [-0.2, 0) is 0 Å². The van der Waals surface area contributed by atoms with Crippen LogP contribution in [0.3, 0.4) is 0 Å². The first-order chi connectivity index (χ1) is 5.70. The highest BCUT2D eigenvalue weighted by molar-refractivity contribution is 5.74. The van der Waals surface area contributed by atoms with E-state index in [1.54, 1.807) is 24.3 Å². The largest absolute Gasteiger partial charge is 0.505 e. The standard InChI is InChI=1S/C10H11NO/c1-3-7-5-6-9(11)10(12)8(7)4-2/h3-6,12H,1-2,11H2. The van der Waals surface area contributed by atoms with Crippen molar-refractivity contribution >= 4 is 17.8 Å². The lowest BCUT2D eigenvalue weighted by Crippen LogP contribution is -1.89. The van der Waals surface area contributed by atoms with Crippen molar-refractivity contribution in [1.29, 1.82) is 0 Å². The molecule has 0 unspecified atom stereocenters. The van der Waals surface area contributed by atoms with E-state index < -0.39 is 0 Å². The summed E-state index contributed by atoms with van der Waals surface area (Å²) in [6.07, 6.45) is 3.21. The monoisotopic (exact) mass is 161 g/mol. The maximum Gasteiger partial charge on any atom is 0.146 e. The molecule has 62 valence electrons. The van der Waals surface area contributed by atoms with Crippen LogP contribution in [0.15, 0.2) is 25.3 Å². The van der Waals surface area contributed by atoms with E-state index in [1.807, 2.05) is 0 Å². The molecule has 2 heteroatoms. The zero-order valence-electron chi connectivity index (χ0n) is 6.75. The molecular formula is C10H11NO. The van der Waals surface area contributed by atoms with Crippen LogP contribution >= 0.6 is 0 Å². The van der Waals surface area contributed by atoms with Gasteiger partial charge in [-0.25, -0.2) is 0 Å². The van der Waals surface area contributed by atoms with Gasteiger partial charge in [-0.05, 0) is 11.6 Å². The van der Waals surface area contributed by atoms with Gasteiger partial charge in [-0.1, -0.05) is 31.4 Å². The zero-order valence-corrected chi connectivity index (χ0v) is 6.75. The van der Waals surface area contributed by atoms with Crippen molar-refractivity contribution in [3.8, 4) is 5.75 Å². The highest BCUT2D eigenvalue weighted by Crippen LogP contribution is 2.29. The minimum Gasteiger partial charge on any atom is -0.505 e. The fraction of sp³-hybridized carbons (Fsp3) is 0.